The molecule has 0 saturated heterocycles. The first-order chi connectivity index (χ1) is 7.40. The number of rotatable bonds is 2. The Hall–Kier alpha value is -2.20. The minimum absolute atomic E-state index is 0.692. The first-order valence-electron chi connectivity index (χ1n) is 4.68. The Kier molecular flexibility index (Phi) is 2.71. The van der Waals surface area contributed by atoms with Gasteiger partial charge in [-0.2, -0.15) is 0 Å². The smallest absolute Gasteiger partial charge is 0.140 e. The van der Waals surface area contributed by atoms with E-state index in [-0.39, 0.29) is 0 Å². The first-order valence-corrected chi connectivity index (χ1v) is 4.68. The number of ether oxygens (including phenoxy) is 1. The predicted octanol–water partition coefficient (Wildman–Crippen LogP) is 3.32. The van der Waals surface area contributed by atoms with Crippen molar-refractivity contribution in [3.8, 4) is 29.4 Å². The van der Waals surface area contributed by atoms with Crippen molar-refractivity contribution in [2.24, 2.45) is 0 Å². The molecule has 2 rings (SSSR count). The summed E-state index contributed by atoms with van der Waals surface area (Å²) in [5.41, 5.74) is 2.34. The Balaban J connectivity index is 2.29. The SMILES string of the molecule is C#COc1ccc(-c2ccccc2)cc1. The number of hydrogen-bond donors (Lipinski definition) is 0. The molecule has 0 heterocycles. The largest absolute Gasteiger partial charge is 0.408 e. The van der Waals surface area contributed by atoms with Gasteiger partial charge in [-0.3, -0.25) is 0 Å². The van der Waals surface area contributed by atoms with Crippen LogP contribution in [0.2, 0.25) is 0 Å². The molecule has 0 aliphatic rings. The Bertz CT molecular complexity index is 463. The van der Waals surface area contributed by atoms with Gasteiger partial charge in [0.05, 0.1) is 0 Å². The van der Waals surface area contributed by atoms with Crippen molar-refractivity contribution in [2.75, 3.05) is 0 Å². The Labute approximate surface area is 89.3 Å². The lowest BCUT2D eigenvalue weighted by atomic mass is 10.1. The third-order valence-corrected chi connectivity index (χ3v) is 2.14. The van der Waals surface area contributed by atoms with Crippen LogP contribution in [0.15, 0.2) is 54.6 Å². The van der Waals surface area contributed by atoms with E-state index in [9.17, 15) is 0 Å². The second-order valence-corrected chi connectivity index (χ2v) is 3.11. The van der Waals surface area contributed by atoms with Crippen molar-refractivity contribution < 1.29 is 4.74 Å². The lowest BCUT2D eigenvalue weighted by Crippen LogP contribution is -1.81. The third kappa shape index (κ3) is 2.18. The molecule has 0 N–H and O–H groups in total. The van der Waals surface area contributed by atoms with Crippen LogP contribution in [0, 0.1) is 12.5 Å². The highest BCUT2D eigenvalue weighted by Gasteiger charge is 1.96. The summed E-state index contributed by atoms with van der Waals surface area (Å²) < 4.78 is 4.92. The fourth-order valence-corrected chi connectivity index (χ4v) is 1.41. The fraction of sp³-hybridized carbons (Fsp3) is 0. The van der Waals surface area contributed by atoms with Gasteiger partial charge >= 0.3 is 0 Å². The van der Waals surface area contributed by atoms with Crippen LogP contribution < -0.4 is 4.74 Å². The molecular weight excluding hydrogens is 184 g/mol. The van der Waals surface area contributed by atoms with E-state index >= 15 is 0 Å². The van der Waals surface area contributed by atoms with E-state index in [2.05, 4.69) is 18.2 Å². The maximum absolute atomic E-state index is 5.04. The van der Waals surface area contributed by atoms with E-state index < -0.39 is 0 Å². The molecule has 0 radical (unpaired) electrons. The average Bonchev–Trinajstić information content (AvgIpc) is 2.32. The van der Waals surface area contributed by atoms with Crippen molar-refractivity contribution in [1.29, 1.82) is 0 Å². The maximum atomic E-state index is 5.04. The molecule has 0 atom stereocenters. The summed E-state index contributed by atoms with van der Waals surface area (Å²) in [4.78, 5) is 0. The topological polar surface area (TPSA) is 9.23 Å². The zero-order valence-corrected chi connectivity index (χ0v) is 8.18. The summed E-state index contributed by atoms with van der Waals surface area (Å²) in [5, 5.41) is 0. The molecule has 0 aliphatic carbocycles. The Morgan fingerprint density at radius 2 is 1.40 bits per heavy atom. The molecule has 1 nitrogen and oxygen atoms in total. The lowest BCUT2D eigenvalue weighted by molar-refractivity contribution is 0.521. The molecule has 0 fully saturated rings. The van der Waals surface area contributed by atoms with Crippen LogP contribution in [-0.2, 0) is 0 Å². The number of terminal acetylenes is 1. The van der Waals surface area contributed by atoms with Crippen molar-refractivity contribution in [1.82, 2.24) is 0 Å². The van der Waals surface area contributed by atoms with Crippen molar-refractivity contribution in [3.05, 3.63) is 54.6 Å². The molecular formula is C14H10O. The summed E-state index contributed by atoms with van der Waals surface area (Å²) in [6.07, 6.45) is 7.18. The average molecular weight is 194 g/mol. The van der Waals surface area contributed by atoms with Gasteiger partial charge in [-0.15, -0.1) is 0 Å². The fourth-order valence-electron chi connectivity index (χ4n) is 1.41. The monoisotopic (exact) mass is 194 g/mol. The van der Waals surface area contributed by atoms with Gasteiger partial charge in [0.15, 0.2) is 0 Å². The van der Waals surface area contributed by atoms with Crippen LogP contribution in [0.3, 0.4) is 0 Å². The number of benzene rings is 2. The van der Waals surface area contributed by atoms with Crippen molar-refractivity contribution in [3.63, 3.8) is 0 Å². The molecule has 0 aliphatic heterocycles. The molecule has 0 unspecified atom stereocenters. The van der Waals surface area contributed by atoms with Gasteiger partial charge in [0.2, 0.25) is 0 Å². The van der Waals surface area contributed by atoms with E-state index in [0.29, 0.717) is 5.75 Å². The third-order valence-electron chi connectivity index (χ3n) is 2.14. The molecule has 2 aromatic carbocycles. The standard InChI is InChI=1S/C14H10O/c1-2-15-14-10-8-13(9-11-14)12-6-4-3-5-7-12/h1,3-11H. The molecule has 0 spiro atoms. The van der Waals surface area contributed by atoms with Crippen LogP contribution in [0.1, 0.15) is 0 Å². The van der Waals surface area contributed by atoms with Crippen LogP contribution in [0.4, 0.5) is 0 Å². The Morgan fingerprint density at radius 3 is 2.00 bits per heavy atom. The maximum Gasteiger partial charge on any atom is 0.140 e. The molecule has 0 amide bonds. The van der Waals surface area contributed by atoms with Gasteiger partial charge in [0.25, 0.3) is 0 Å². The van der Waals surface area contributed by atoms with E-state index in [0.717, 1.165) is 5.56 Å². The van der Waals surface area contributed by atoms with Crippen LogP contribution in [0.5, 0.6) is 5.75 Å². The highest BCUT2D eigenvalue weighted by atomic mass is 16.5. The van der Waals surface area contributed by atoms with Gasteiger partial charge in [-0.25, -0.2) is 0 Å². The molecule has 0 aromatic heterocycles. The summed E-state index contributed by atoms with van der Waals surface area (Å²) in [6.45, 7) is 0. The lowest BCUT2D eigenvalue weighted by Gasteiger charge is -2.02. The van der Waals surface area contributed by atoms with Gasteiger partial charge in [0, 0.05) is 0 Å². The molecule has 15 heavy (non-hydrogen) atoms. The van der Waals surface area contributed by atoms with Gasteiger partial charge in [-0.1, -0.05) is 48.9 Å². The van der Waals surface area contributed by atoms with Crippen molar-refractivity contribution >= 4 is 0 Å². The van der Waals surface area contributed by atoms with E-state index in [4.69, 9.17) is 11.2 Å². The second kappa shape index (κ2) is 4.34. The van der Waals surface area contributed by atoms with Gasteiger partial charge in [0.1, 0.15) is 11.9 Å². The number of hydrogen-bond acceptors (Lipinski definition) is 1. The molecule has 72 valence electrons. The first kappa shape index (κ1) is 9.36. The van der Waals surface area contributed by atoms with E-state index in [1.165, 1.54) is 5.56 Å². The van der Waals surface area contributed by atoms with Crippen LogP contribution in [0.25, 0.3) is 11.1 Å². The summed E-state index contributed by atoms with van der Waals surface area (Å²) >= 11 is 0. The van der Waals surface area contributed by atoms with E-state index in [1.54, 1.807) is 0 Å². The summed E-state index contributed by atoms with van der Waals surface area (Å²) in [5.74, 6) is 0.692. The van der Waals surface area contributed by atoms with Crippen LogP contribution in [-0.4, -0.2) is 0 Å². The molecule has 0 bridgehead atoms. The highest BCUT2D eigenvalue weighted by molar-refractivity contribution is 5.63. The molecule has 2 aromatic rings. The second-order valence-electron chi connectivity index (χ2n) is 3.11. The zero-order valence-electron chi connectivity index (χ0n) is 8.18. The predicted molar refractivity (Wildman–Crippen MR) is 61.3 cm³/mol. The van der Waals surface area contributed by atoms with Crippen LogP contribution >= 0.6 is 0 Å². The zero-order chi connectivity index (χ0) is 10.5. The molecule has 0 saturated carbocycles. The van der Waals surface area contributed by atoms with Gasteiger partial charge < -0.3 is 4.74 Å². The van der Waals surface area contributed by atoms with E-state index in [1.807, 2.05) is 42.5 Å². The quantitative estimate of drug-likeness (QED) is 0.666. The molecule has 1 heteroatoms. The minimum atomic E-state index is 0.692. The Morgan fingerprint density at radius 1 is 0.800 bits per heavy atom. The summed E-state index contributed by atoms with van der Waals surface area (Å²) in [6, 6.07) is 17.9. The van der Waals surface area contributed by atoms with Crippen molar-refractivity contribution in [2.45, 2.75) is 0 Å². The summed E-state index contributed by atoms with van der Waals surface area (Å²) in [7, 11) is 0. The minimum Gasteiger partial charge on any atom is -0.408 e. The van der Waals surface area contributed by atoms with Gasteiger partial charge in [-0.05, 0) is 23.3 Å². The normalized spacial score (nSPS) is 9.27. The highest BCUT2D eigenvalue weighted by Crippen LogP contribution is 2.21.